The molecule has 0 radical (unpaired) electrons. The van der Waals surface area contributed by atoms with Crippen molar-refractivity contribution in [2.45, 2.75) is 41.0 Å². The summed E-state index contributed by atoms with van der Waals surface area (Å²) in [6.07, 6.45) is 0.751. The standard InChI is InChI=1S/C13H18O2.C2H6/c1-4-15-13(14)11(3)9-12-7-5-6-10(2)8-12;1-2/h5-8,11H,4,9H2,1-3H3;1-2H3. The van der Waals surface area contributed by atoms with Crippen LogP contribution in [0.2, 0.25) is 0 Å². The summed E-state index contributed by atoms with van der Waals surface area (Å²) >= 11 is 0. The van der Waals surface area contributed by atoms with E-state index in [2.05, 4.69) is 19.1 Å². The summed E-state index contributed by atoms with van der Waals surface area (Å²) in [7, 11) is 0. The van der Waals surface area contributed by atoms with E-state index >= 15 is 0 Å². The van der Waals surface area contributed by atoms with Crippen LogP contribution in [0.4, 0.5) is 0 Å². The van der Waals surface area contributed by atoms with E-state index in [0.29, 0.717) is 6.61 Å². The number of benzene rings is 1. The molecule has 1 aromatic rings. The van der Waals surface area contributed by atoms with Crippen LogP contribution in [0.3, 0.4) is 0 Å². The Bertz CT molecular complexity index is 331. The molecule has 0 N–H and O–H groups in total. The highest BCUT2D eigenvalue weighted by Crippen LogP contribution is 2.11. The van der Waals surface area contributed by atoms with Crippen molar-refractivity contribution in [3.63, 3.8) is 0 Å². The summed E-state index contributed by atoms with van der Waals surface area (Å²) in [5, 5.41) is 0. The van der Waals surface area contributed by atoms with Gasteiger partial charge in [0, 0.05) is 0 Å². The first-order valence-electron chi connectivity index (χ1n) is 6.35. The second-order valence-electron chi connectivity index (χ2n) is 3.85. The minimum Gasteiger partial charge on any atom is -0.466 e. The molecule has 1 aromatic carbocycles. The lowest BCUT2D eigenvalue weighted by molar-refractivity contribution is -0.147. The monoisotopic (exact) mass is 236 g/mol. The molecular weight excluding hydrogens is 212 g/mol. The van der Waals surface area contributed by atoms with Gasteiger partial charge in [-0.3, -0.25) is 4.79 Å². The average Bonchev–Trinajstić information content (AvgIpc) is 2.32. The van der Waals surface area contributed by atoms with E-state index in [1.165, 1.54) is 11.1 Å². The van der Waals surface area contributed by atoms with Crippen molar-refractivity contribution in [2.24, 2.45) is 5.92 Å². The van der Waals surface area contributed by atoms with Gasteiger partial charge in [-0.15, -0.1) is 0 Å². The van der Waals surface area contributed by atoms with Crippen LogP contribution in [0.25, 0.3) is 0 Å². The molecule has 0 saturated heterocycles. The topological polar surface area (TPSA) is 26.3 Å². The van der Waals surface area contributed by atoms with Gasteiger partial charge in [-0.2, -0.15) is 0 Å². The predicted molar refractivity (Wildman–Crippen MR) is 72.0 cm³/mol. The largest absolute Gasteiger partial charge is 0.466 e. The first-order chi connectivity index (χ1) is 8.13. The van der Waals surface area contributed by atoms with Crippen molar-refractivity contribution in [3.05, 3.63) is 35.4 Å². The molecule has 2 nitrogen and oxygen atoms in total. The molecule has 1 rings (SSSR count). The van der Waals surface area contributed by atoms with Gasteiger partial charge in [0.25, 0.3) is 0 Å². The number of esters is 1. The van der Waals surface area contributed by atoms with Crippen LogP contribution in [-0.4, -0.2) is 12.6 Å². The average molecular weight is 236 g/mol. The first kappa shape index (κ1) is 15.7. The van der Waals surface area contributed by atoms with Gasteiger partial charge in [0.2, 0.25) is 0 Å². The van der Waals surface area contributed by atoms with Crippen LogP contribution in [0.5, 0.6) is 0 Å². The zero-order chi connectivity index (χ0) is 13.3. The Labute approximate surface area is 105 Å². The minimum absolute atomic E-state index is 0.0632. The number of hydrogen-bond donors (Lipinski definition) is 0. The van der Waals surface area contributed by atoms with Gasteiger partial charge >= 0.3 is 5.97 Å². The van der Waals surface area contributed by atoms with E-state index in [1.807, 2.05) is 39.8 Å². The number of rotatable bonds is 4. The lowest BCUT2D eigenvalue weighted by Gasteiger charge is -2.10. The molecule has 0 fully saturated rings. The maximum absolute atomic E-state index is 11.4. The van der Waals surface area contributed by atoms with Gasteiger partial charge in [0.15, 0.2) is 0 Å². The Hall–Kier alpha value is -1.31. The van der Waals surface area contributed by atoms with Crippen LogP contribution in [0.15, 0.2) is 24.3 Å². The van der Waals surface area contributed by atoms with Crippen LogP contribution in [-0.2, 0) is 16.0 Å². The molecule has 2 heteroatoms. The first-order valence-corrected chi connectivity index (χ1v) is 6.35. The highest BCUT2D eigenvalue weighted by molar-refractivity contribution is 5.72. The van der Waals surface area contributed by atoms with Crippen molar-refractivity contribution in [1.29, 1.82) is 0 Å². The van der Waals surface area contributed by atoms with Crippen LogP contribution < -0.4 is 0 Å². The maximum atomic E-state index is 11.4. The van der Waals surface area contributed by atoms with Gasteiger partial charge < -0.3 is 4.74 Å². The summed E-state index contributed by atoms with van der Waals surface area (Å²) in [4.78, 5) is 11.4. The molecule has 0 bridgehead atoms. The van der Waals surface area contributed by atoms with Gasteiger partial charge in [0.1, 0.15) is 0 Å². The highest BCUT2D eigenvalue weighted by atomic mass is 16.5. The molecule has 0 heterocycles. The number of ether oxygens (including phenoxy) is 1. The number of aryl methyl sites for hydroxylation is 1. The Morgan fingerprint density at radius 1 is 1.35 bits per heavy atom. The van der Waals surface area contributed by atoms with E-state index in [-0.39, 0.29) is 11.9 Å². The third-order valence-electron chi connectivity index (χ3n) is 2.31. The van der Waals surface area contributed by atoms with Gasteiger partial charge in [-0.05, 0) is 25.8 Å². The van der Waals surface area contributed by atoms with Gasteiger partial charge in [-0.25, -0.2) is 0 Å². The van der Waals surface area contributed by atoms with E-state index in [1.54, 1.807) is 0 Å². The fourth-order valence-electron chi connectivity index (χ4n) is 1.56. The molecule has 1 unspecified atom stereocenters. The van der Waals surface area contributed by atoms with E-state index in [9.17, 15) is 4.79 Å². The SMILES string of the molecule is CC.CCOC(=O)C(C)Cc1cccc(C)c1. The van der Waals surface area contributed by atoms with Crippen LogP contribution >= 0.6 is 0 Å². The van der Waals surface area contributed by atoms with Crippen LogP contribution in [0, 0.1) is 12.8 Å². The molecule has 17 heavy (non-hydrogen) atoms. The minimum atomic E-state index is -0.112. The maximum Gasteiger partial charge on any atom is 0.308 e. The second kappa shape index (κ2) is 8.80. The lowest BCUT2D eigenvalue weighted by atomic mass is 10.00. The molecule has 1 atom stereocenters. The molecule has 0 aliphatic rings. The van der Waals surface area contributed by atoms with E-state index in [4.69, 9.17) is 4.74 Å². The molecular formula is C15H24O2. The molecule has 0 amide bonds. The fourth-order valence-corrected chi connectivity index (χ4v) is 1.56. The summed E-state index contributed by atoms with van der Waals surface area (Å²) in [6, 6.07) is 8.22. The zero-order valence-corrected chi connectivity index (χ0v) is 11.6. The molecule has 96 valence electrons. The smallest absolute Gasteiger partial charge is 0.308 e. The summed E-state index contributed by atoms with van der Waals surface area (Å²) in [5.74, 6) is -0.175. The Morgan fingerprint density at radius 2 is 2.00 bits per heavy atom. The van der Waals surface area contributed by atoms with E-state index in [0.717, 1.165) is 6.42 Å². The van der Waals surface area contributed by atoms with E-state index < -0.39 is 0 Å². The summed E-state index contributed by atoms with van der Waals surface area (Å²) in [6.45, 7) is 10.2. The Kier molecular flexibility index (Phi) is 8.12. The zero-order valence-electron chi connectivity index (χ0n) is 11.6. The van der Waals surface area contributed by atoms with Crippen molar-refractivity contribution >= 4 is 5.97 Å². The number of hydrogen-bond acceptors (Lipinski definition) is 2. The summed E-state index contributed by atoms with van der Waals surface area (Å²) < 4.78 is 4.97. The molecule has 0 saturated carbocycles. The van der Waals surface area contributed by atoms with Gasteiger partial charge in [-0.1, -0.05) is 50.6 Å². The van der Waals surface area contributed by atoms with Crippen molar-refractivity contribution in [2.75, 3.05) is 6.61 Å². The van der Waals surface area contributed by atoms with Gasteiger partial charge in [0.05, 0.1) is 12.5 Å². The quantitative estimate of drug-likeness (QED) is 0.744. The Morgan fingerprint density at radius 3 is 2.53 bits per heavy atom. The molecule has 0 spiro atoms. The fraction of sp³-hybridized carbons (Fsp3) is 0.533. The lowest BCUT2D eigenvalue weighted by Crippen LogP contribution is -2.16. The normalized spacial score (nSPS) is 11.1. The predicted octanol–water partition coefficient (Wildman–Crippen LogP) is 3.76. The van der Waals surface area contributed by atoms with Crippen molar-refractivity contribution in [1.82, 2.24) is 0 Å². The Balaban J connectivity index is 0.00000121. The molecule has 0 aromatic heterocycles. The third kappa shape index (κ3) is 6.10. The molecule has 0 aliphatic carbocycles. The van der Waals surface area contributed by atoms with Crippen molar-refractivity contribution < 1.29 is 9.53 Å². The third-order valence-corrected chi connectivity index (χ3v) is 2.31. The number of carbonyl (C=O) groups excluding carboxylic acids is 1. The highest BCUT2D eigenvalue weighted by Gasteiger charge is 2.14. The van der Waals surface area contributed by atoms with Crippen LogP contribution in [0.1, 0.15) is 38.8 Å². The van der Waals surface area contributed by atoms with Crippen molar-refractivity contribution in [3.8, 4) is 0 Å². The second-order valence-corrected chi connectivity index (χ2v) is 3.85. The number of carbonyl (C=O) groups is 1. The molecule has 0 aliphatic heterocycles. The summed E-state index contributed by atoms with van der Waals surface area (Å²) in [5.41, 5.74) is 2.42.